The summed E-state index contributed by atoms with van der Waals surface area (Å²) < 4.78 is 43.0. The van der Waals surface area contributed by atoms with E-state index < -0.39 is 34.6 Å². The number of nitrogens with zero attached hydrogens (tertiary/aromatic N) is 2. The Kier molecular flexibility index (Phi) is 7.13. The highest BCUT2D eigenvalue weighted by Gasteiger charge is 2.45. The van der Waals surface area contributed by atoms with Crippen LogP contribution in [0.5, 0.6) is 0 Å². The number of rotatable bonds is 8. The molecule has 2 aliphatic rings. The molecule has 0 unspecified atom stereocenters. The van der Waals surface area contributed by atoms with Gasteiger partial charge in [0, 0.05) is 18.6 Å². The summed E-state index contributed by atoms with van der Waals surface area (Å²) in [4.78, 5) is 16.9. The topological polar surface area (TPSA) is 67.8 Å². The van der Waals surface area contributed by atoms with Crippen molar-refractivity contribution in [2.45, 2.75) is 44.8 Å². The number of hydrogen-bond donors (Lipinski definition) is 3. The molecule has 6 nitrogen and oxygen atoms in total. The monoisotopic (exact) mass is 490 g/mol. The fraction of sp³-hybridized carbons (Fsp3) is 0.500. The highest BCUT2D eigenvalue weighted by molar-refractivity contribution is 6.01. The van der Waals surface area contributed by atoms with Crippen molar-refractivity contribution in [2.75, 3.05) is 44.6 Å². The van der Waals surface area contributed by atoms with Crippen LogP contribution >= 0.6 is 0 Å². The molecule has 0 radical (unpaired) electrons. The first-order valence-electron chi connectivity index (χ1n) is 12.0. The number of β-amino-alcohol motifs (C(OH)–C–C–N with tert-alkyl or cyclic N) is 1. The lowest BCUT2D eigenvalue weighted by Gasteiger charge is -2.48. The molecule has 0 aliphatic carbocycles. The third-order valence-corrected chi connectivity index (χ3v) is 6.68. The first-order valence-corrected chi connectivity index (χ1v) is 12.0. The van der Waals surface area contributed by atoms with Gasteiger partial charge >= 0.3 is 0 Å². The number of benzene rings is 2. The maximum atomic E-state index is 14.7. The first-order chi connectivity index (χ1) is 16.5. The van der Waals surface area contributed by atoms with Crippen LogP contribution in [0.2, 0.25) is 0 Å². The van der Waals surface area contributed by atoms with Gasteiger partial charge in [-0.3, -0.25) is 4.79 Å². The van der Waals surface area contributed by atoms with Crippen molar-refractivity contribution < 1.29 is 23.1 Å². The third-order valence-electron chi connectivity index (χ3n) is 6.68. The molecule has 1 amide bonds. The fourth-order valence-corrected chi connectivity index (χ4v) is 4.76. The molecule has 0 spiro atoms. The van der Waals surface area contributed by atoms with Gasteiger partial charge in [-0.25, -0.2) is 13.2 Å². The van der Waals surface area contributed by atoms with Crippen LogP contribution in [0.4, 0.5) is 24.5 Å². The van der Waals surface area contributed by atoms with Crippen molar-refractivity contribution in [2.24, 2.45) is 0 Å². The highest BCUT2D eigenvalue weighted by atomic mass is 19.2. The number of aryl methyl sites for hydroxylation is 1. The van der Waals surface area contributed by atoms with E-state index >= 15 is 0 Å². The van der Waals surface area contributed by atoms with E-state index in [-0.39, 0.29) is 29.9 Å². The van der Waals surface area contributed by atoms with E-state index in [9.17, 15) is 23.1 Å². The Morgan fingerprint density at radius 2 is 1.77 bits per heavy atom. The van der Waals surface area contributed by atoms with Crippen molar-refractivity contribution in [3.8, 4) is 0 Å². The van der Waals surface area contributed by atoms with Gasteiger partial charge in [-0.15, -0.1) is 0 Å². The summed E-state index contributed by atoms with van der Waals surface area (Å²) in [5, 5.41) is 16.8. The van der Waals surface area contributed by atoms with Gasteiger partial charge in [0.1, 0.15) is 11.4 Å². The van der Waals surface area contributed by atoms with Crippen LogP contribution < -0.4 is 10.6 Å². The van der Waals surface area contributed by atoms with Gasteiger partial charge in [0.15, 0.2) is 11.6 Å². The molecule has 2 aliphatic heterocycles. The average Bonchev–Trinajstić information content (AvgIpc) is 3.27. The van der Waals surface area contributed by atoms with Gasteiger partial charge in [-0.1, -0.05) is 6.07 Å². The summed E-state index contributed by atoms with van der Waals surface area (Å²) in [6.45, 7) is 9.30. The molecule has 3 N–H and O–H groups in total. The van der Waals surface area contributed by atoms with Gasteiger partial charge in [-0.05, 0) is 76.5 Å². The Labute approximate surface area is 204 Å². The Balaban J connectivity index is 1.42. The van der Waals surface area contributed by atoms with E-state index in [1.54, 1.807) is 13.0 Å². The number of hydrogen-bond acceptors (Lipinski definition) is 5. The second-order valence-electron chi connectivity index (χ2n) is 10.5. The van der Waals surface area contributed by atoms with Gasteiger partial charge < -0.3 is 25.5 Å². The largest absolute Gasteiger partial charge is 0.385 e. The zero-order valence-corrected chi connectivity index (χ0v) is 20.4. The number of halogens is 3. The highest BCUT2D eigenvalue weighted by Crippen LogP contribution is 2.31. The van der Waals surface area contributed by atoms with Crippen LogP contribution in [0.3, 0.4) is 0 Å². The van der Waals surface area contributed by atoms with Gasteiger partial charge in [0.05, 0.1) is 30.0 Å². The summed E-state index contributed by atoms with van der Waals surface area (Å²) in [6, 6.07) is 6.32. The minimum Gasteiger partial charge on any atom is -0.385 e. The first kappa shape index (κ1) is 25.5. The molecule has 2 fully saturated rings. The Bertz CT molecular complexity index is 1100. The number of nitrogens with one attached hydrogen (secondary N) is 2. The van der Waals surface area contributed by atoms with E-state index in [1.807, 2.05) is 0 Å². The summed E-state index contributed by atoms with van der Waals surface area (Å²) in [5.41, 5.74) is -1.29. The van der Waals surface area contributed by atoms with Crippen LogP contribution in [0, 0.1) is 24.4 Å². The lowest BCUT2D eigenvalue weighted by atomic mass is 9.91. The fourth-order valence-electron chi connectivity index (χ4n) is 4.76. The molecule has 4 rings (SSSR count). The van der Waals surface area contributed by atoms with Crippen molar-refractivity contribution >= 4 is 17.3 Å². The number of amides is 1. The second-order valence-corrected chi connectivity index (χ2v) is 10.5. The Morgan fingerprint density at radius 1 is 1.09 bits per heavy atom. The Hall–Kier alpha value is -2.62. The van der Waals surface area contributed by atoms with E-state index in [4.69, 9.17) is 0 Å². The molecule has 9 heteroatoms. The molecule has 190 valence electrons. The second kappa shape index (κ2) is 9.79. The van der Waals surface area contributed by atoms with Crippen LogP contribution in [-0.2, 0) is 0 Å². The molecule has 2 heterocycles. The summed E-state index contributed by atoms with van der Waals surface area (Å²) in [7, 11) is 0. The lowest BCUT2D eigenvalue weighted by Crippen LogP contribution is -2.69. The SMILES string of the molecule is Cc1ccc(Nc2c(C(=O)N3CC(O)(CNC(C)(C)CN4CCCC4)C3)ccc(F)c2F)c(F)c1. The van der Waals surface area contributed by atoms with E-state index in [1.165, 1.54) is 35.9 Å². The van der Waals surface area contributed by atoms with Crippen molar-refractivity contribution in [1.82, 2.24) is 15.1 Å². The quantitative estimate of drug-likeness (QED) is 0.525. The van der Waals surface area contributed by atoms with E-state index in [2.05, 4.69) is 29.4 Å². The molecule has 0 bridgehead atoms. The van der Waals surface area contributed by atoms with Gasteiger partial charge in [0.2, 0.25) is 0 Å². The maximum absolute atomic E-state index is 14.7. The maximum Gasteiger partial charge on any atom is 0.256 e. The molecule has 0 atom stereocenters. The number of carbonyl (C=O) groups is 1. The number of anilines is 2. The molecular formula is C26H33F3N4O2. The molecular weight excluding hydrogens is 457 g/mol. The summed E-state index contributed by atoms with van der Waals surface area (Å²) in [5.74, 6) is -3.63. The Morgan fingerprint density at radius 3 is 2.43 bits per heavy atom. The zero-order chi connectivity index (χ0) is 25.4. The molecule has 2 saturated heterocycles. The van der Waals surface area contributed by atoms with Crippen LogP contribution in [-0.4, -0.2) is 71.2 Å². The van der Waals surface area contributed by atoms with E-state index in [0.717, 1.165) is 25.7 Å². The van der Waals surface area contributed by atoms with Crippen LogP contribution in [0.25, 0.3) is 0 Å². The lowest BCUT2D eigenvalue weighted by molar-refractivity contribution is -0.0820. The van der Waals surface area contributed by atoms with Crippen molar-refractivity contribution in [3.05, 3.63) is 58.9 Å². The van der Waals surface area contributed by atoms with E-state index in [0.29, 0.717) is 12.1 Å². The smallest absolute Gasteiger partial charge is 0.256 e. The van der Waals surface area contributed by atoms with Gasteiger partial charge in [-0.2, -0.15) is 0 Å². The van der Waals surface area contributed by atoms with Crippen molar-refractivity contribution in [1.29, 1.82) is 0 Å². The zero-order valence-electron chi connectivity index (χ0n) is 20.4. The van der Waals surface area contributed by atoms with Crippen LogP contribution in [0.1, 0.15) is 42.6 Å². The summed E-state index contributed by atoms with van der Waals surface area (Å²) in [6.07, 6.45) is 2.41. The van der Waals surface area contributed by atoms with Crippen LogP contribution in [0.15, 0.2) is 30.3 Å². The number of carbonyl (C=O) groups excluding carboxylic acids is 1. The average molecular weight is 491 g/mol. The minimum atomic E-state index is -1.27. The van der Waals surface area contributed by atoms with Crippen molar-refractivity contribution in [3.63, 3.8) is 0 Å². The third kappa shape index (κ3) is 5.79. The predicted molar refractivity (Wildman–Crippen MR) is 129 cm³/mol. The number of aliphatic hydroxyl groups is 1. The predicted octanol–water partition coefficient (Wildman–Crippen LogP) is 3.81. The van der Waals surface area contributed by atoms with Gasteiger partial charge in [0.25, 0.3) is 5.91 Å². The molecule has 0 aromatic heterocycles. The molecule has 0 saturated carbocycles. The molecule has 2 aromatic rings. The molecule has 35 heavy (non-hydrogen) atoms. The summed E-state index contributed by atoms with van der Waals surface area (Å²) >= 11 is 0. The molecule has 2 aromatic carbocycles. The normalized spacial score (nSPS) is 18.0. The number of likely N-dealkylation sites (tertiary alicyclic amines) is 2. The standard InChI is InChI=1S/C26H33F3N4O2/c1-17-6-9-21(20(28)12-17)31-23-18(7-8-19(27)22(23)29)24(34)33-15-26(35,16-33)13-30-25(2,3)14-32-10-4-5-11-32/h6-9,12,30-31,35H,4-5,10-11,13-16H2,1-3H3. The minimum absolute atomic E-state index is 0.0515.